The molecule has 0 aliphatic rings. The van der Waals surface area contributed by atoms with E-state index in [4.69, 9.17) is 5.73 Å². The smallest absolute Gasteiger partial charge is 0.244 e. The SMILES string of the molecule is CCCCN(C(C)CC)S(=O)(=O)c1cc(N)ccc1Br. The second-order valence-electron chi connectivity index (χ2n) is 4.92. The Morgan fingerprint density at radius 3 is 2.55 bits per heavy atom. The van der Waals surface area contributed by atoms with Crippen molar-refractivity contribution in [1.82, 2.24) is 4.31 Å². The Morgan fingerprint density at radius 2 is 2.00 bits per heavy atom. The van der Waals surface area contributed by atoms with Gasteiger partial charge in [-0.25, -0.2) is 8.42 Å². The van der Waals surface area contributed by atoms with Crippen molar-refractivity contribution in [3.8, 4) is 0 Å². The fourth-order valence-electron chi connectivity index (χ4n) is 1.94. The van der Waals surface area contributed by atoms with Crippen molar-refractivity contribution in [2.75, 3.05) is 12.3 Å². The van der Waals surface area contributed by atoms with Crippen LogP contribution in [-0.4, -0.2) is 25.3 Å². The lowest BCUT2D eigenvalue weighted by Crippen LogP contribution is -2.39. The van der Waals surface area contributed by atoms with Gasteiger partial charge in [0.1, 0.15) is 0 Å². The van der Waals surface area contributed by atoms with E-state index in [1.807, 2.05) is 13.8 Å². The minimum Gasteiger partial charge on any atom is -0.399 e. The molecule has 1 rings (SSSR count). The third-order valence-electron chi connectivity index (χ3n) is 3.36. The molecule has 6 heteroatoms. The lowest BCUT2D eigenvalue weighted by Gasteiger charge is -2.28. The van der Waals surface area contributed by atoms with Gasteiger partial charge in [-0.1, -0.05) is 20.3 Å². The van der Waals surface area contributed by atoms with E-state index in [1.54, 1.807) is 16.4 Å². The molecule has 0 aliphatic carbocycles. The molecule has 0 fully saturated rings. The molecule has 1 aromatic rings. The van der Waals surface area contributed by atoms with Crippen LogP contribution in [0.25, 0.3) is 0 Å². The van der Waals surface area contributed by atoms with Crippen molar-refractivity contribution in [2.45, 2.75) is 51.0 Å². The van der Waals surface area contributed by atoms with Gasteiger partial charge in [0.2, 0.25) is 10.0 Å². The van der Waals surface area contributed by atoms with Gasteiger partial charge in [0, 0.05) is 22.7 Å². The quantitative estimate of drug-likeness (QED) is 0.753. The van der Waals surface area contributed by atoms with E-state index >= 15 is 0 Å². The highest BCUT2D eigenvalue weighted by molar-refractivity contribution is 9.10. The molecular formula is C14H23BrN2O2S. The predicted molar refractivity (Wildman–Crippen MR) is 87.1 cm³/mol. The minimum atomic E-state index is -3.53. The minimum absolute atomic E-state index is 0.0279. The normalized spacial score (nSPS) is 13.7. The molecule has 0 saturated heterocycles. The van der Waals surface area contributed by atoms with Gasteiger partial charge >= 0.3 is 0 Å². The Bertz CT molecular complexity index is 546. The molecule has 0 radical (unpaired) electrons. The maximum Gasteiger partial charge on any atom is 0.244 e. The maximum absolute atomic E-state index is 12.9. The number of nitrogens with zero attached hydrogens (tertiary/aromatic N) is 1. The van der Waals surface area contributed by atoms with E-state index < -0.39 is 10.0 Å². The van der Waals surface area contributed by atoms with Crippen LogP contribution in [0.2, 0.25) is 0 Å². The van der Waals surface area contributed by atoms with Crippen molar-refractivity contribution < 1.29 is 8.42 Å². The van der Waals surface area contributed by atoms with Gasteiger partial charge in [0.05, 0.1) is 4.90 Å². The van der Waals surface area contributed by atoms with Gasteiger partial charge in [-0.15, -0.1) is 0 Å². The number of hydrogen-bond donors (Lipinski definition) is 1. The highest BCUT2D eigenvalue weighted by Gasteiger charge is 2.29. The molecular weight excluding hydrogens is 340 g/mol. The summed E-state index contributed by atoms with van der Waals surface area (Å²) in [7, 11) is -3.53. The average Bonchev–Trinajstić information content (AvgIpc) is 2.41. The lowest BCUT2D eigenvalue weighted by molar-refractivity contribution is 0.324. The summed E-state index contributed by atoms with van der Waals surface area (Å²) in [6.07, 6.45) is 2.59. The first-order chi connectivity index (χ1) is 9.34. The summed E-state index contributed by atoms with van der Waals surface area (Å²) in [6.45, 7) is 6.52. The van der Waals surface area contributed by atoms with E-state index in [0.717, 1.165) is 19.3 Å². The number of halogens is 1. The fourth-order valence-corrected chi connectivity index (χ4v) is 4.64. The Kier molecular flexibility index (Phi) is 6.48. The Balaban J connectivity index is 3.24. The fraction of sp³-hybridized carbons (Fsp3) is 0.571. The number of anilines is 1. The van der Waals surface area contributed by atoms with Crippen LogP contribution >= 0.6 is 15.9 Å². The van der Waals surface area contributed by atoms with Crippen molar-refractivity contribution in [3.05, 3.63) is 22.7 Å². The van der Waals surface area contributed by atoms with Gasteiger partial charge in [-0.2, -0.15) is 4.31 Å². The third kappa shape index (κ3) is 3.96. The van der Waals surface area contributed by atoms with Gasteiger partial charge in [-0.3, -0.25) is 0 Å². The first-order valence-electron chi connectivity index (χ1n) is 6.91. The van der Waals surface area contributed by atoms with E-state index in [9.17, 15) is 8.42 Å². The summed E-state index contributed by atoms with van der Waals surface area (Å²) in [5, 5.41) is 0. The van der Waals surface area contributed by atoms with Gasteiger partial charge in [0.25, 0.3) is 0 Å². The largest absolute Gasteiger partial charge is 0.399 e. The number of sulfonamides is 1. The van der Waals surface area contributed by atoms with Crippen LogP contribution in [0.1, 0.15) is 40.0 Å². The molecule has 0 aliphatic heterocycles. The molecule has 4 nitrogen and oxygen atoms in total. The van der Waals surface area contributed by atoms with Crippen LogP contribution < -0.4 is 5.73 Å². The van der Waals surface area contributed by atoms with Crippen LogP contribution in [0.15, 0.2) is 27.6 Å². The monoisotopic (exact) mass is 362 g/mol. The average molecular weight is 363 g/mol. The third-order valence-corrected chi connectivity index (χ3v) is 6.36. The van der Waals surface area contributed by atoms with Gasteiger partial charge in [-0.05, 0) is 53.9 Å². The number of benzene rings is 1. The molecule has 0 bridgehead atoms. The van der Waals surface area contributed by atoms with Crippen molar-refractivity contribution in [2.24, 2.45) is 0 Å². The molecule has 2 N–H and O–H groups in total. The standard InChI is InChI=1S/C14H23BrN2O2S/c1-4-6-9-17(11(3)5-2)20(18,19)14-10-12(16)7-8-13(14)15/h7-8,10-11H,4-6,9,16H2,1-3H3. The Morgan fingerprint density at radius 1 is 1.35 bits per heavy atom. The number of hydrogen-bond acceptors (Lipinski definition) is 3. The summed E-state index contributed by atoms with van der Waals surface area (Å²) in [5.41, 5.74) is 6.18. The zero-order chi connectivity index (χ0) is 15.3. The van der Waals surface area contributed by atoms with Gasteiger partial charge in [0.15, 0.2) is 0 Å². The van der Waals surface area contributed by atoms with Crippen molar-refractivity contribution in [1.29, 1.82) is 0 Å². The summed E-state index contributed by atoms with van der Waals surface area (Å²) in [4.78, 5) is 0.244. The predicted octanol–water partition coefficient (Wildman–Crippen LogP) is 3.62. The van der Waals surface area contributed by atoms with Crippen LogP contribution in [0.4, 0.5) is 5.69 Å². The summed E-state index contributed by atoms with van der Waals surface area (Å²) >= 11 is 3.31. The lowest BCUT2D eigenvalue weighted by atomic mass is 10.2. The molecule has 0 spiro atoms. The molecule has 0 aromatic heterocycles. The summed E-state index contributed by atoms with van der Waals surface area (Å²) in [6, 6.07) is 4.85. The first kappa shape index (κ1) is 17.5. The van der Waals surface area contributed by atoms with E-state index in [1.165, 1.54) is 6.07 Å². The topological polar surface area (TPSA) is 63.4 Å². The first-order valence-corrected chi connectivity index (χ1v) is 9.14. The highest BCUT2D eigenvalue weighted by atomic mass is 79.9. The molecule has 1 unspecified atom stereocenters. The summed E-state index contributed by atoms with van der Waals surface area (Å²) in [5.74, 6) is 0. The number of unbranched alkanes of at least 4 members (excludes halogenated alkanes) is 1. The van der Waals surface area contributed by atoms with Crippen molar-refractivity contribution >= 4 is 31.6 Å². The van der Waals surface area contributed by atoms with E-state index in [-0.39, 0.29) is 10.9 Å². The Labute approximate surface area is 130 Å². The summed E-state index contributed by atoms with van der Waals surface area (Å²) < 4.78 is 27.8. The molecule has 1 atom stereocenters. The van der Waals surface area contributed by atoms with Gasteiger partial charge < -0.3 is 5.73 Å². The van der Waals surface area contributed by atoms with E-state index in [0.29, 0.717) is 16.7 Å². The zero-order valence-corrected chi connectivity index (χ0v) is 14.7. The molecule has 114 valence electrons. The number of rotatable bonds is 7. The van der Waals surface area contributed by atoms with Crippen LogP contribution in [0.3, 0.4) is 0 Å². The molecule has 20 heavy (non-hydrogen) atoms. The second kappa shape index (κ2) is 7.43. The zero-order valence-electron chi connectivity index (χ0n) is 12.3. The van der Waals surface area contributed by atoms with Crippen LogP contribution in [-0.2, 0) is 10.0 Å². The molecule has 0 heterocycles. The second-order valence-corrected chi connectivity index (χ2v) is 7.63. The number of nitrogen functional groups attached to an aromatic ring is 1. The highest BCUT2D eigenvalue weighted by Crippen LogP contribution is 2.29. The molecule has 0 saturated carbocycles. The maximum atomic E-state index is 12.9. The van der Waals surface area contributed by atoms with E-state index in [2.05, 4.69) is 22.9 Å². The van der Waals surface area contributed by atoms with Crippen LogP contribution in [0.5, 0.6) is 0 Å². The Hall–Kier alpha value is -0.590. The van der Waals surface area contributed by atoms with Crippen molar-refractivity contribution in [3.63, 3.8) is 0 Å². The molecule has 1 aromatic carbocycles. The number of nitrogens with two attached hydrogens (primary N) is 1. The molecule has 0 amide bonds. The van der Waals surface area contributed by atoms with Crippen LogP contribution in [0, 0.1) is 0 Å².